The lowest BCUT2D eigenvalue weighted by molar-refractivity contribution is -0.123. The number of fused-ring (bicyclic) bond motifs is 1. The van der Waals surface area contributed by atoms with Gasteiger partial charge in [0.2, 0.25) is 5.91 Å². The van der Waals surface area contributed by atoms with Crippen molar-refractivity contribution in [2.24, 2.45) is 0 Å². The van der Waals surface area contributed by atoms with Crippen LogP contribution in [0.1, 0.15) is 6.42 Å². The summed E-state index contributed by atoms with van der Waals surface area (Å²) in [7, 11) is 0. The van der Waals surface area contributed by atoms with E-state index in [1.807, 2.05) is 0 Å². The molecule has 9 nitrogen and oxygen atoms in total. The normalized spacial score (nSPS) is 9.96. The van der Waals surface area contributed by atoms with Gasteiger partial charge in [-0.15, -0.1) is 10.2 Å². The molecule has 0 aliphatic heterocycles. The number of carbonyl (C=O) groups is 2. The minimum Gasteiger partial charge on any atom is -0.483 e. The Morgan fingerprint density at radius 1 is 1.39 bits per heavy atom. The average Bonchev–Trinajstić information content (AvgIpc) is 3.17. The Hall–Kier alpha value is -3.30. The van der Waals surface area contributed by atoms with Crippen molar-refractivity contribution in [1.82, 2.24) is 25.0 Å². The molecule has 2 heterocycles. The molecule has 10 heteroatoms. The zero-order chi connectivity index (χ0) is 16.7. The Balaban J connectivity index is 0.000000595. The summed E-state index contributed by atoms with van der Waals surface area (Å²) in [6.45, 7) is 0.218. The van der Waals surface area contributed by atoms with Gasteiger partial charge in [0.1, 0.15) is 24.0 Å². The van der Waals surface area contributed by atoms with E-state index in [4.69, 9.17) is 9.90 Å². The molecule has 0 bridgehead atoms. The van der Waals surface area contributed by atoms with Crippen molar-refractivity contribution in [1.29, 1.82) is 0 Å². The summed E-state index contributed by atoms with van der Waals surface area (Å²) < 4.78 is 15.2. The van der Waals surface area contributed by atoms with Crippen LogP contribution >= 0.6 is 0 Å². The second-order valence-corrected chi connectivity index (χ2v) is 4.34. The van der Waals surface area contributed by atoms with E-state index in [0.29, 0.717) is 17.7 Å². The highest BCUT2D eigenvalue weighted by Gasteiger charge is 2.11. The van der Waals surface area contributed by atoms with Gasteiger partial charge < -0.3 is 15.0 Å². The number of halogens is 1. The molecular weight excluding hydrogens is 307 g/mol. The molecule has 0 unspecified atom stereocenters. The largest absolute Gasteiger partial charge is 0.483 e. The Bertz CT molecular complexity index is 786. The number of aromatic nitrogens is 5. The molecule has 1 amide bonds. The van der Waals surface area contributed by atoms with Gasteiger partial charge in [-0.2, -0.15) is 5.10 Å². The number of rotatable bonds is 4. The topological polar surface area (TPSA) is 126 Å². The molecule has 0 saturated heterocycles. The van der Waals surface area contributed by atoms with Crippen LogP contribution in [0.5, 0.6) is 0 Å². The monoisotopic (exact) mass is 320 g/mol. The van der Waals surface area contributed by atoms with E-state index in [1.54, 1.807) is 16.7 Å². The van der Waals surface area contributed by atoms with Gasteiger partial charge in [0.15, 0.2) is 5.82 Å². The number of nitrogens with one attached hydrogen (secondary N) is 2. The Morgan fingerprint density at radius 3 is 2.78 bits per heavy atom. The number of aromatic amines is 1. The van der Waals surface area contributed by atoms with E-state index in [0.717, 1.165) is 0 Å². The highest BCUT2D eigenvalue weighted by atomic mass is 19.1. The van der Waals surface area contributed by atoms with Crippen molar-refractivity contribution in [3.05, 3.63) is 36.7 Å². The Morgan fingerprint density at radius 2 is 2.09 bits per heavy atom. The molecule has 0 aliphatic carbocycles. The van der Waals surface area contributed by atoms with Crippen molar-refractivity contribution in [3.8, 4) is 0 Å². The third-order valence-corrected chi connectivity index (χ3v) is 2.87. The van der Waals surface area contributed by atoms with Gasteiger partial charge in [-0.25, -0.2) is 4.39 Å². The second kappa shape index (κ2) is 7.64. The zero-order valence-electron chi connectivity index (χ0n) is 11.8. The van der Waals surface area contributed by atoms with Gasteiger partial charge in [-0.3, -0.25) is 14.7 Å². The van der Waals surface area contributed by atoms with Crippen LogP contribution in [-0.2, 0) is 16.1 Å². The SMILES string of the molecule is O=C(CCn1cnnc1)Nc1n[nH]c2c(F)cccc12.O=CO. The molecule has 2 aromatic heterocycles. The minimum atomic E-state index is -0.403. The lowest BCUT2D eigenvalue weighted by Crippen LogP contribution is -2.14. The van der Waals surface area contributed by atoms with Gasteiger partial charge in [0, 0.05) is 18.4 Å². The van der Waals surface area contributed by atoms with E-state index in [9.17, 15) is 9.18 Å². The number of carboxylic acid groups (broad SMARTS) is 1. The summed E-state index contributed by atoms with van der Waals surface area (Å²) >= 11 is 0. The van der Waals surface area contributed by atoms with Crippen LogP contribution in [0.3, 0.4) is 0 Å². The first kappa shape index (κ1) is 16.1. The first-order chi connectivity index (χ1) is 11.2. The van der Waals surface area contributed by atoms with Crippen LogP contribution in [0.4, 0.5) is 10.2 Å². The summed E-state index contributed by atoms with van der Waals surface area (Å²) in [5.41, 5.74) is 0.279. The summed E-state index contributed by atoms with van der Waals surface area (Å²) in [5, 5.41) is 23.9. The molecule has 120 valence electrons. The fourth-order valence-corrected chi connectivity index (χ4v) is 1.87. The van der Waals surface area contributed by atoms with Crippen molar-refractivity contribution in [2.75, 3.05) is 5.32 Å². The maximum atomic E-state index is 13.5. The third kappa shape index (κ3) is 4.09. The van der Waals surface area contributed by atoms with Crippen molar-refractivity contribution >= 4 is 29.1 Å². The lowest BCUT2D eigenvalue weighted by atomic mass is 10.2. The average molecular weight is 320 g/mol. The van der Waals surface area contributed by atoms with Gasteiger partial charge in [0.25, 0.3) is 6.47 Å². The third-order valence-electron chi connectivity index (χ3n) is 2.87. The first-order valence-electron chi connectivity index (χ1n) is 6.48. The molecule has 3 rings (SSSR count). The van der Waals surface area contributed by atoms with Crippen molar-refractivity contribution in [3.63, 3.8) is 0 Å². The number of aryl methyl sites for hydroxylation is 1. The minimum absolute atomic E-state index is 0.212. The number of carbonyl (C=O) groups excluding carboxylic acids is 1. The summed E-state index contributed by atoms with van der Waals surface area (Å²) in [6.07, 6.45) is 3.32. The number of nitrogens with zero attached hydrogens (tertiary/aromatic N) is 4. The predicted octanol–water partition coefficient (Wildman–Crippen LogP) is 1.02. The predicted molar refractivity (Wildman–Crippen MR) is 78.0 cm³/mol. The smallest absolute Gasteiger partial charge is 0.290 e. The highest BCUT2D eigenvalue weighted by Crippen LogP contribution is 2.22. The maximum Gasteiger partial charge on any atom is 0.290 e. The molecule has 0 saturated carbocycles. The van der Waals surface area contributed by atoms with Gasteiger partial charge in [-0.1, -0.05) is 6.07 Å². The zero-order valence-corrected chi connectivity index (χ0v) is 11.8. The number of H-pyrrole nitrogens is 1. The number of amides is 1. The maximum absolute atomic E-state index is 13.5. The summed E-state index contributed by atoms with van der Waals surface area (Å²) in [5.74, 6) is -0.287. The van der Waals surface area contributed by atoms with E-state index in [2.05, 4.69) is 25.7 Å². The van der Waals surface area contributed by atoms with Crippen LogP contribution in [0.25, 0.3) is 10.9 Å². The van der Waals surface area contributed by atoms with Crippen LogP contribution < -0.4 is 5.32 Å². The molecule has 0 aliphatic rings. The van der Waals surface area contributed by atoms with Gasteiger partial charge in [0.05, 0.1) is 0 Å². The molecule has 1 aromatic carbocycles. The standard InChI is InChI=1S/C12H11FN6O.CH2O2/c13-9-3-1-2-8-11(9)17-18-12(8)16-10(20)4-5-19-6-14-15-7-19;2-1-3/h1-3,6-7H,4-5H2,(H2,16,17,18,20);1H,(H,2,3). The molecular formula is C13H13FN6O3. The number of hydrogen-bond acceptors (Lipinski definition) is 5. The van der Waals surface area contributed by atoms with E-state index in [-0.39, 0.29) is 24.3 Å². The number of para-hydroxylation sites is 1. The van der Waals surface area contributed by atoms with Crippen LogP contribution in [0.2, 0.25) is 0 Å². The molecule has 0 spiro atoms. The number of hydrogen-bond donors (Lipinski definition) is 3. The van der Waals surface area contributed by atoms with Crippen molar-refractivity contribution in [2.45, 2.75) is 13.0 Å². The summed E-state index contributed by atoms with van der Waals surface area (Å²) in [6, 6.07) is 4.59. The highest BCUT2D eigenvalue weighted by molar-refractivity contribution is 5.99. The Kier molecular flexibility index (Phi) is 5.34. The summed E-state index contributed by atoms with van der Waals surface area (Å²) in [4.78, 5) is 20.2. The molecule has 23 heavy (non-hydrogen) atoms. The van der Waals surface area contributed by atoms with Crippen LogP contribution in [0, 0.1) is 5.82 Å². The van der Waals surface area contributed by atoms with E-state index >= 15 is 0 Å². The second-order valence-electron chi connectivity index (χ2n) is 4.34. The molecule has 0 atom stereocenters. The van der Waals surface area contributed by atoms with Crippen LogP contribution in [0.15, 0.2) is 30.9 Å². The van der Waals surface area contributed by atoms with Gasteiger partial charge in [-0.05, 0) is 12.1 Å². The first-order valence-corrected chi connectivity index (χ1v) is 6.48. The quantitative estimate of drug-likeness (QED) is 0.616. The fraction of sp³-hybridized carbons (Fsp3) is 0.154. The van der Waals surface area contributed by atoms with E-state index in [1.165, 1.54) is 18.7 Å². The molecule has 3 N–H and O–H groups in total. The fourth-order valence-electron chi connectivity index (χ4n) is 1.87. The van der Waals surface area contributed by atoms with Crippen molar-refractivity contribution < 1.29 is 19.1 Å². The Labute approximate surface area is 129 Å². The van der Waals surface area contributed by atoms with Gasteiger partial charge >= 0.3 is 0 Å². The molecule has 0 fully saturated rings. The van der Waals surface area contributed by atoms with E-state index < -0.39 is 5.82 Å². The lowest BCUT2D eigenvalue weighted by Gasteiger charge is -2.03. The van der Waals surface area contributed by atoms with Crippen LogP contribution in [-0.4, -0.2) is 42.4 Å². The number of anilines is 1. The number of benzene rings is 1. The molecule has 0 radical (unpaired) electrons. The molecule has 3 aromatic rings.